The predicted octanol–water partition coefficient (Wildman–Crippen LogP) is 4.92. The van der Waals surface area contributed by atoms with Crippen LogP contribution in [-0.2, 0) is 14.4 Å². The number of hydrogen-bond donors (Lipinski definition) is 1. The Kier molecular flexibility index (Phi) is 9.52. The lowest BCUT2D eigenvalue weighted by molar-refractivity contribution is -0.159. The topological polar surface area (TPSA) is 116 Å². The van der Waals surface area contributed by atoms with Crippen molar-refractivity contribution in [3.05, 3.63) is 62.5 Å². The first kappa shape index (κ1) is 35.9. The van der Waals surface area contributed by atoms with Crippen molar-refractivity contribution in [2.75, 3.05) is 39.3 Å². The molecule has 0 bridgehead atoms. The molecule has 1 saturated carbocycles. The number of aromatic nitrogens is 3. The Morgan fingerprint density at radius 2 is 1.80 bits per heavy atom. The second kappa shape index (κ2) is 13.5. The Bertz CT molecular complexity index is 1860. The summed E-state index contributed by atoms with van der Waals surface area (Å²) in [5, 5.41) is 13.6. The maximum atomic E-state index is 13.9. The molecule has 13 heteroatoms. The van der Waals surface area contributed by atoms with Gasteiger partial charge in [-0.2, -0.15) is 0 Å². The summed E-state index contributed by atoms with van der Waals surface area (Å²) in [5.74, 6) is 1.49. The van der Waals surface area contributed by atoms with E-state index < -0.39 is 12.1 Å². The largest absolute Gasteiger partial charge is 0.345 e. The van der Waals surface area contributed by atoms with Gasteiger partial charge in [0.1, 0.15) is 23.2 Å². The normalized spacial score (nSPS) is 22.7. The molecule has 3 aromatic rings. The number of nitrogens with zero attached hydrogens (tertiary/aromatic N) is 7. The van der Waals surface area contributed by atoms with Crippen LogP contribution in [-0.4, -0.2) is 111 Å². The van der Waals surface area contributed by atoms with Crippen LogP contribution in [0.3, 0.4) is 0 Å². The lowest BCUT2D eigenvalue weighted by Crippen LogP contribution is -2.69. The van der Waals surface area contributed by atoms with Crippen molar-refractivity contribution in [2.45, 2.75) is 91.9 Å². The number of hydrogen-bond acceptors (Lipinski definition) is 9. The number of rotatable bonds is 8. The number of benzene rings is 1. The number of thiophene rings is 1. The molecule has 4 aliphatic rings. The summed E-state index contributed by atoms with van der Waals surface area (Å²) >= 11 is 7.97. The Labute approximate surface area is 309 Å². The summed E-state index contributed by atoms with van der Waals surface area (Å²) in [7, 11) is 0. The Morgan fingerprint density at radius 1 is 1.10 bits per heavy atom. The van der Waals surface area contributed by atoms with E-state index in [1.54, 1.807) is 11.3 Å². The van der Waals surface area contributed by atoms with Gasteiger partial charge < -0.3 is 15.0 Å². The number of aldehydes is 1. The molecule has 1 aliphatic carbocycles. The van der Waals surface area contributed by atoms with E-state index in [0.29, 0.717) is 23.4 Å². The minimum atomic E-state index is -0.499. The molecule has 2 amide bonds. The number of carbonyl (C=O) groups excluding carboxylic acids is 3. The number of carbonyl (C=O) groups is 3. The zero-order valence-corrected chi connectivity index (χ0v) is 32.3. The van der Waals surface area contributed by atoms with E-state index in [-0.39, 0.29) is 35.1 Å². The third-order valence-corrected chi connectivity index (χ3v) is 13.0. The SMILES string of the molecule is Cc1sc2c(c1C)C(c1ccc(Cl)cc1)=N[C@@H](CC(=O)N1CC3(CC(N4CCN(CC(=O)NC(C=O)C(C)(C)C)C(C)C4)C3)C1)c1nnc(C)n1-2. The Balaban J connectivity index is 0.970. The van der Waals surface area contributed by atoms with Gasteiger partial charge in [0, 0.05) is 71.2 Å². The van der Waals surface area contributed by atoms with Gasteiger partial charge in [0.2, 0.25) is 11.8 Å². The molecule has 2 aromatic heterocycles. The third kappa shape index (κ3) is 6.80. The van der Waals surface area contributed by atoms with Gasteiger partial charge in [-0.25, -0.2) is 0 Å². The van der Waals surface area contributed by atoms with Crippen molar-refractivity contribution in [3.8, 4) is 5.00 Å². The molecule has 3 atom stereocenters. The summed E-state index contributed by atoms with van der Waals surface area (Å²) in [6.07, 6.45) is 3.24. The first-order valence-corrected chi connectivity index (χ1v) is 19.2. The van der Waals surface area contributed by atoms with Crippen LogP contribution in [0.1, 0.15) is 86.2 Å². The van der Waals surface area contributed by atoms with Crippen LogP contribution in [0, 0.1) is 31.6 Å². The quantitative estimate of drug-likeness (QED) is 0.327. The van der Waals surface area contributed by atoms with Gasteiger partial charge in [0.25, 0.3) is 0 Å². The molecular formula is C38H49ClN8O3S. The molecule has 3 aliphatic heterocycles. The minimum absolute atomic E-state index is 0.0995. The van der Waals surface area contributed by atoms with E-state index in [4.69, 9.17) is 16.6 Å². The molecule has 2 unspecified atom stereocenters. The molecule has 0 radical (unpaired) electrons. The van der Waals surface area contributed by atoms with Gasteiger partial charge in [0.05, 0.1) is 24.7 Å². The van der Waals surface area contributed by atoms with Crippen LogP contribution < -0.4 is 5.32 Å². The maximum absolute atomic E-state index is 13.9. The fourth-order valence-electron chi connectivity index (χ4n) is 8.27. The van der Waals surface area contributed by atoms with E-state index in [0.717, 1.165) is 79.5 Å². The average Bonchev–Trinajstić information content (AvgIpc) is 3.51. The van der Waals surface area contributed by atoms with Gasteiger partial charge in [-0.3, -0.25) is 28.9 Å². The number of halogens is 1. The molecule has 11 nitrogen and oxygen atoms in total. The highest BCUT2D eigenvalue weighted by atomic mass is 35.5. The predicted molar refractivity (Wildman–Crippen MR) is 200 cm³/mol. The van der Waals surface area contributed by atoms with Gasteiger partial charge in [-0.1, -0.05) is 44.5 Å². The minimum Gasteiger partial charge on any atom is -0.345 e. The zero-order valence-electron chi connectivity index (χ0n) is 30.7. The monoisotopic (exact) mass is 732 g/mol. The number of amides is 2. The zero-order chi connectivity index (χ0) is 36.4. The fourth-order valence-corrected chi connectivity index (χ4v) is 9.61. The molecule has 1 aromatic carbocycles. The van der Waals surface area contributed by atoms with Gasteiger partial charge in [-0.05, 0) is 63.6 Å². The Hall–Kier alpha value is -3.45. The molecular weight excluding hydrogens is 684 g/mol. The second-order valence-corrected chi connectivity index (χ2v) is 17.9. The number of nitrogens with one attached hydrogen (secondary N) is 1. The molecule has 1 spiro atoms. The highest BCUT2D eigenvalue weighted by Crippen LogP contribution is 2.51. The number of aryl methyl sites for hydroxylation is 2. The second-order valence-electron chi connectivity index (χ2n) is 16.3. The average molecular weight is 733 g/mol. The molecule has 7 rings (SSSR count). The van der Waals surface area contributed by atoms with Crippen molar-refractivity contribution in [2.24, 2.45) is 15.8 Å². The number of aliphatic imine (C=N–C) groups is 1. The number of likely N-dealkylation sites (tertiary alicyclic amines) is 1. The standard InChI is InChI=1S/C38H49ClN8O3S/c1-22-17-45(13-12-44(22)18-31(49)41-30(19-48)37(5,6)7)28-15-38(16-28)20-46(21-38)32(50)14-29-35-43-42-25(4)47(35)36-33(23(2)24(3)51-36)34(40-29)26-8-10-27(39)11-9-26/h8-11,19,22,28-30H,12-18,20-21H2,1-7H3,(H,41,49)/t22?,29-,30?/m0/s1. The third-order valence-electron chi connectivity index (χ3n) is 11.5. The van der Waals surface area contributed by atoms with Crippen LogP contribution in [0.5, 0.6) is 0 Å². The van der Waals surface area contributed by atoms with Crippen molar-refractivity contribution in [3.63, 3.8) is 0 Å². The molecule has 1 N–H and O–H groups in total. The highest BCUT2D eigenvalue weighted by molar-refractivity contribution is 7.15. The summed E-state index contributed by atoms with van der Waals surface area (Å²) in [6, 6.07) is 7.54. The maximum Gasteiger partial charge on any atom is 0.234 e. The van der Waals surface area contributed by atoms with Crippen molar-refractivity contribution in [1.82, 2.24) is 34.8 Å². The van der Waals surface area contributed by atoms with Gasteiger partial charge >= 0.3 is 0 Å². The van der Waals surface area contributed by atoms with Crippen LogP contribution in [0.15, 0.2) is 29.3 Å². The highest BCUT2D eigenvalue weighted by Gasteiger charge is 2.55. The Morgan fingerprint density at radius 3 is 2.45 bits per heavy atom. The molecule has 5 heterocycles. The lowest BCUT2D eigenvalue weighted by Gasteiger charge is -2.62. The van der Waals surface area contributed by atoms with Gasteiger partial charge in [-0.15, -0.1) is 21.5 Å². The van der Waals surface area contributed by atoms with E-state index in [2.05, 4.69) is 50.7 Å². The van der Waals surface area contributed by atoms with Crippen LogP contribution >= 0.6 is 22.9 Å². The van der Waals surface area contributed by atoms with E-state index >= 15 is 0 Å². The first-order valence-electron chi connectivity index (χ1n) is 18.0. The number of piperazine rings is 1. The van der Waals surface area contributed by atoms with E-state index in [9.17, 15) is 14.4 Å². The van der Waals surface area contributed by atoms with Crippen molar-refractivity contribution in [1.29, 1.82) is 0 Å². The summed E-state index contributed by atoms with van der Waals surface area (Å²) in [5.41, 5.74) is 3.93. The van der Waals surface area contributed by atoms with Crippen molar-refractivity contribution < 1.29 is 14.4 Å². The molecule has 3 fully saturated rings. The smallest absolute Gasteiger partial charge is 0.234 e. The molecule has 51 heavy (non-hydrogen) atoms. The van der Waals surface area contributed by atoms with E-state index in [1.165, 1.54) is 10.4 Å². The lowest BCUT2D eigenvalue weighted by atomic mass is 9.60. The fraction of sp³-hybridized carbons (Fsp3) is 0.579. The van der Waals surface area contributed by atoms with Crippen LogP contribution in [0.4, 0.5) is 0 Å². The van der Waals surface area contributed by atoms with Gasteiger partial charge in [0.15, 0.2) is 5.82 Å². The molecule has 2 saturated heterocycles. The first-order chi connectivity index (χ1) is 24.2. The van der Waals surface area contributed by atoms with E-state index in [1.807, 2.05) is 56.9 Å². The summed E-state index contributed by atoms with van der Waals surface area (Å²) < 4.78 is 2.10. The molecule has 272 valence electrons. The summed E-state index contributed by atoms with van der Waals surface area (Å²) in [6.45, 7) is 18.8. The number of fused-ring (bicyclic) bond motifs is 3. The van der Waals surface area contributed by atoms with Crippen molar-refractivity contribution >= 4 is 46.7 Å². The summed E-state index contributed by atoms with van der Waals surface area (Å²) in [4.78, 5) is 51.5. The van der Waals surface area contributed by atoms with Crippen LogP contribution in [0.25, 0.3) is 5.00 Å². The van der Waals surface area contributed by atoms with Crippen LogP contribution in [0.2, 0.25) is 5.02 Å².